The van der Waals surface area contributed by atoms with Crippen molar-refractivity contribution in [3.05, 3.63) is 18.0 Å². The molecule has 2 aromatic rings. The Balaban J connectivity index is 2.66. The van der Waals surface area contributed by atoms with Crippen LogP contribution in [0.25, 0.3) is 5.78 Å². The van der Waals surface area contributed by atoms with Crippen LogP contribution in [0.3, 0.4) is 0 Å². The predicted molar refractivity (Wildman–Crippen MR) is 53.2 cm³/mol. The molecule has 2 rings (SSSR count). The maximum absolute atomic E-state index is 11.0. The van der Waals surface area contributed by atoms with Gasteiger partial charge in [-0.15, -0.1) is 5.10 Å². The molecular weight excluding hydrogens is 240 g/mol. The Morgan fingerprint density at radius 2 is 2.27 bits per heavy atom. The summed E-state index contributed by atoms with van der Waals surface area (Å²) in [5.74, 6) is 0.214. The predicted octanol–water partition coefficient (Wildman–Crippen LogP) is 0.614. The van der Waals surface area contributed by atoms with E-state index in [1.54, 1.807) is 12.4 Å². The van der Waals surface area contributed by atoms with Gasteiger partial charge in [0.2, 0.25) is 0 Å². The topological polar surface area (TPSA) is 77.2 Å². The molecule has 0 N–H and O–H groups in total. The van der Waals surface area contributed by atoms with Crippen molar-refractivity contribution in [3.8, 4) is 0 Å². The Bertz CT molecular complexity index is 606. The number of aryl methyl sites for hydroxylation is 1. The summed E-state index contributed by atoms with van der Waals surface area (Å²) in [6.07, 6.45) is 4.07. The van der Waals surface area contributed by atoms with E-state index in [2.05, 4.69) is 15.1 Å². The second-order valence-corrected chi connectivity index (χ2v) is 5.35. The van der Waals surface area contributed by atoms with Gasteiger partial charge in [0.25, 0.3) is 20.0 Å². The zero-order valence-corrected chi connectivity index (χ0v) is 9.33. The van der Waals surface area contributed by atoms with E-state index in [1.807, 2.05) is 6.92 Å². The van der Waals surface area contributed by atoms with Crippen molar-refractivity contribution < 1.29 is 8.42 Å². The molecule has 0 bridgehead atoms. The van der Waals surface area contributed by atoms with E-state index in [1.165, 1.54) is 4.52 Å². The van der Waals surface area contributed by atoms with Crippen molar-refractivity contribution in [2.45, 2.75) is 18.5 Å². The molecule has 0 unspecified atom stereocenters. The highest BCUT2D eigenvalue weighted by Gasteiger charge is 2.17. The van der Waals surface area contributed by atoms with Gasteiger partial charge in [0, 0.05) is 23.1 Å². The fourth-order valence-corrected chi connectivity index (χ4v) is 1.66. The van der Waals surface area contributed by atoms with Crippen LogP contribution >= 0.6 is 10.7 Å². The molecule has 0 aliphatic carbocycles. The van der Waals surface area contributed by atoms with Gasteiger partial charge in [-0.1, -0.05) is 6.92 Å². The van der Waals surface area contributed by atoms with Gasteiger partial charge in [0.1, 0.15) is 0 Å². The monoisotopic (exact) mass is 246 g/mol. The highest BCUT2D eigenvalue weighted by molar-refractivity contribution is 8.13. The smallest absolute Gasteiger partial charge is 0.219 e. The van der Waals surface area contributed by atoms with Crippen LogP contribution in [-0.4, -0.2) is 28.0 Å². The second kappa shape index (κ2) is 3.42. The van der Waals surface area contributed by atoms with Crippen LogP contribution in [0.4, 0.5) is 0 Å². The Kier molecular flexibility index (Phi) is 2.35. The van der Waals surface area contributed by atoms with Gasteiger partial charge >= 0.3 is 0 Å². The van der Waals surface area contributed by atoms with Gasteiger partial charge in [-0.05, 0) is 12.0 Å². The van der Waals surface area contributed by atoms with E-state index in [0.29, 0.717) is 0 Å². The minimum Gasteiger partial charge on any atom is -0.219 e. The largest absolute Gasteiger partial charge is 0.298 e. The highest BCUT2D eigenvalue weighted by atomic mass is 35.7. The third kappa shape index (κ3) is 1.93. The summed E-state index contributed by atoms with van der Waals surface area (Å²) in [5.41, 5.74) is 0.936. The van der Waals surface area contributed by atoms with E-state index in [0.717, 1.165) is 12.0 Å². The fraction of sp³-hybridized carbons (Fsp3) is 0.286. The molecule has 15 heavy (non-hydrogen) atoms. The van der Waals surface area contributed by atoms with E-state index in [-0.39, 0.29) is 5.78 Å². The maximum atomic E-state index is 11.0. The summed E-state index contributed by atoms with van der Waals surface area (Å²) in [6.45, 7) is 1.96. The molecule has 0 aromatic carbocycles. The van der Waals surface area contributed by atoms with Gasteiger partial charge < -0.3 is 0 Å². The molecule has 0 spiro atoms. The van der Waals surface area contributed by atoms with Crippen LogP contribution in [0.5, 0.6) is 0 Å². The highest BCUT2D eigenvalue weighted by Crippen LogP contribution is 2.10. The Labute approximate surface area is 90.3 Å². The van der Waals surface area contributed by atoms with Gasteiger partial charge in [0.05, 0.1) is 0 Å². The number of fused-ring (bicyclic) bond motifs is 1. The second-order valence-electron chi connectivity index (χ2n) is 2.89. The number of nitrogens with zero attached hydrogens (tertiary/aromatic N) is 4. The van der Waals surface area contributed by atoms with Crippen LogP contribution in [0.15, 0.2) is 17.6 Å². The molecule has 0 radical (unpaired) electrons. The van der Waals surface area contributed by atoms with Crippen LogP contribution < -0.4 is 0 Å². The molecule has 0 saturated carbocycles. The summed E-state index contributed by atoms with van der Waals surface area (Å²) >= 11 is 0. The number of aromatic nitrogens is 4. The number of rotatable bonds is 2. The Morgan fingerprint density at radius 3 is 2.87 bits per heavy atom. The van der Waals surface area contributed by atoms with Gasteiger partial charge in [-0.2, -0.15) is 4.98 Å². The molecule has 0 saturated heterocycles. The van der Waals surface area contributed by atoms with Crippen molar-refractivity contribution in [2.24, 2.45) is 0 Å². The van der Waals surface area contributed by atoms with Crippen LogP contribution in [0, 0.1) is 0 Å². The van der Waals surface area contributed by atoms with Gasteiger partial charge in [0.15, 0.2) is 0 Å². The van der Waals surface area contributed by atoms with Crippen LogP contribution in [0.1, 0.15) is 12.5 Å². The van der Waals surface area contributed by atoms with Crippen molar-refractivity contribution >= 4 is 25.5 Å². The zero-order valence-electron chi connectivity index (χ0n) is 7.75. The van der Waals surface area contributed by atoms with Crippen LogP contribution in [-0.2, 0) is 15.5 Å². The van der Waals surface area contributed by atoms with Crippen molar-refractivity contribution in [3.63, 3.8) is 0 Å². The Morgan fingerprint density at radius 1 is 1.53 bits per heavy atom. The van der Waals surface area contributed by atoms with Crippen LogP contribution in [0.2, 0.25) is 0 Å². The lowest BCUT2D eigenvalue weighted by Crippen LogP contribution is -1.95. The summed E-state index contributed by atoms with van der Waals surface area (Å²) < 4.78 is 23.2. The molecule has 6 nitrogen and oxygen atoms in total. The van der Waals surface area contributed by atoms with Crippen molar-refractivity contribution in [2.75, 3.05) is 0 Å². The summed E-state index contributed by atoms with van der Waals surface area (Å²) in [5, 5.41) is 3.29. The van der Waals surface area contributed by atoms with Gasteiger partial charge in [-0.3, -0.25) is 0 Å². The number of hydrogen-bond acceptors (Lipinski definition) is 5. The van der Waals surface area contributed by atoms with Crippen molar-refractivity contribution in [1.82, 2.24) is 19.6 Å². The average molecular weight is 247 g/mol. The van der Waals surface area contributed by atoms with Gasteiger partial charge in [-0.25, -0.2) is 17.9 Å². The first kappa shape index (κ1) is 10.3. The molecule has 0 aliphatic rings. The normalized spacial score (nSPS) is 12.1. The molecule has 80 valence electrons. The first-order valence-corrected chi connectivity index (χ1v) is 6.47. The first-order valence-electron chi connectivity index (χ1n) is 4.16. The zero-order chi connectivity index (χ0) is 11.1. The molecule has 0 atom stereocenters. The molecule has 0 amide bonds. The standard InChI is InChI=1S/C7H7ClN4O2S/c1-2-5-3-9-6-10-7(15(8,13)14)11-12(6)4-5/h3-4H,2H2,1H3. The number of hydrogen-bond donors (Lipinski definition) is 0. The summed E-state index contributed by atoms with van der Waals surface area (Å²) in [4.78, 5) is 7.63. The van der Waals surface area contributed by atoms with E-state index in [4.69, 9.17) is 10.7 Å². The van der Waals surface area contributed by atoms with Crippen molar-refractivity contribution in [1.29, 1.82) is 0 Å². The molecule has 0 aliphatic heterocycles. The van der Waals surface area contributed by atoms with E-state index < -0.39 is 14.2 Å². The van der Waals surface area contributed by atoms with E-state index >= 15 is 0 Å². The average Bonchev–Trinajstić information content (AvgIpc) is 2.59. The fourth-order valence-electron chi connectivity index (χ4n) is 1.09. The minimum absolute atomic E-state index is 0.214. The lowest BCUT2D eigenvalue weighted by molar-refractivity contribution is 0.601. The maximum Gasteiger partial charge on any atom is 0.298 e. The molecule has 2 aromatic heterocycles. The molecule has 8 heteroatoms. The molecule has 2 heterocycles. The molecular formula is C7H7ClN4O2S. The lowest BCUT2D eigenvalue weighted by atomic mass is 10.3. The molecule has 0 fully saturated rings. The summed E-state index contributed by atoms with van der Waals surface area (Å²) in [7, 11) is 1.21. The SMILES string of the molecule is CCc1cnc2nc(S(=O)(=O)Cl)nn2c1. The minimum atomic E-state index is -3.90. The Hall–Kier alpha value is -1.21. The number of halogens is 1. The third-order valence-corrected chi connectivity index (χ3v) is 2.88. The van der Waals surface area contributed by atoms with E-state index in [9.17, 15) is 8.42 Å². The quantitative estimate of drug-likeness (QED) is 0.726. The third-order valence-electron chi connectivity index (χ3n) is 1.85. The summed E-state index contributed by atoms with van der Waals surface area (Å²) in [6, 6.07) is 0. The first-order chi connectivity index (χ1) is 7.00. The lowest BCUT2D eigenvalue weighted by Gasteiger charge is -1.94.